The molecule has 0 bridgehead atoms. The number of aryl methyl sites for hydroxylation is 2. The first-order valence-corrected chi connectivity index (χ1v) is 7.66. The van der Waals surface area contributed by atoms with Crippen LogP contribution in [-0.4, -0.2) is 30.1 Å². The van der Waals surface area contributed by atoms with Crippen LogP contribution in [0.2, 0.25) is 0 Å². The largest absolute Gasteiger partial charge is 0.384 e. The van der Waals surface area contributed by atoms with Gasteiger partial charge in [0, 0.05) is 18.9 Å². The molecule has 0 aliphatic heterocycles. The lowest BCUT2D eigenvalue weighted by atomic mass is 10.3. The fourth-order valence-corrected chi connectivity index (χ4v) is 3.13. The Morgan fingerprint density at radius 3 is 2.70 bits per heavy atom. The zero-order chi connectivity index (χ0) is 14.8. The van der Waals surface area contributed by atoms with Crippen LogP contribution >= 0.6 is 0 Å². The van der Waals surface area contributed by atoms with Gasteiger partial charge in [0.05, 0.1) is 22.8 Å². The van der Waals surface area contributed by atoms with Crippen LogP contribution in [0.15, 0.2) is 23.4 Å². The molecule has 0 amide bonds. The molecule has 0 aromatic carbocycles. The summed E-state index contributed by atoms with van der Waals surface area (Å²) >= 11 is 0. The van der Waals surface area contributed by atoms with E-state index in [0.29, 0.717) is 29.3 Å². The number of hydrogen-bond donors (Lipinski definition) is 3. The minimum absolute atomic E-state index is 0.113. The third-order valence-corrected chi connectivity index (χ3v) is 4.18. The summed E-state index contributed by atoms with van der Waals surface area (Å²) in [7, 11) is -3.72. The predicted molar refractivity (Wildman–Crippen MR) is 77.3 cm³/mol. The summed E-state index contributed by atoms with van der Waals surface area (Å²) in [5.74, 6) is 0. The van der Waals surface area contributed by atoms with E-state index in [2.05, 4.69) is 25.2 Å². The molecular formula is C12H17N5O2S. The Morgan fingerprint density at radius 2 is 2.10 bits per heavy atom. The van der Waals surface area contributed by atoms with Crippen molar-refractivity contribution in [3.05, 3.63) is 29.8 Å². The maximum absolute atomic E-state index is 12.5. The zero-order valence-corrected chi connectivity index (χ0v) is 12.4. The first-order valence-electron chi connectivity index (χ1n) is 6.18. The van der Waals surface area contributed by atoms with Gasteiger partial charge in [-0.3, -0.25) is 14.8 Å². The average Bonchev–Trinajstić information content (AvgIpc) is 2.71. The van der Waals surface area contributed by atoms with E-state index in [0.717, 1.165) is 0 Å². The van der Waals surface area contributed by atoms with Crippen molar-refractivity contribution in [2.45, 2.75) is 25.7 Å². The van der Waals surface area contributed by atoms with Crippen molar-refractivity contribution < 1.29 is 8.42 Å². The Labute approximate surface area is 117 Å². The molecule has 20 heavy (non-hydrogen) atoms. The van der Waals surface area contributed by atoms with Gasteiger partial charge in [-0.05, 0) is 26.8 Å². The van der Waals surface area contributed by atoms with Crippen LogP contribution in [0.1, 0.15) is 18.3 Å². The fraction of sp³-hybridized carbons (Fsp3) is 0.333. The summed E-state index contributed by atoms with van der Waals surface area (Å²) < 4.78 is 27.5. The Morgan fingerprint density at radius 1 is 1.35 bits per heavy atom. The normalized spacial score (nSPS) is 11.3. The molecule has 7 nitrogen and oxygen atoms in total. The van der Waals surface area contributed by atoms with Gasteiger partial charge in [-0.25, -0.2) is 8.42 Å². The lowest BCUT2D eigenvalue weighted by Crippen LogP contribution is -2.16. The lowest BCUT2D eigenvalue weighted by molar-refractivity contribution is 0.601. The van der Waals surface area contributed by atoms with E-state index >= 15 is 0 Å². The number of sulfonamides is 1. The van der Waals surface area contributed by atoms with E-state index in [1.807, 2.05) is 6.92 Å². The maximum Gasteiger partial charge on any atom is 0.265 e. The molecule has 2 heterocycles. The molecule has 3 N–H and O–H groups in total. The van der Waals surface area contributed by atoms with E-state index < -0.39 is 10.0 Å². The average molecular weight is 295 g/mol. The number of nitrogens with zero attached hydrogens (tertiary/aromatic N) is 2. The molecule has 2 rings (SSSR count). The minimum atomic E-state index is -3.72. The van der Waals surface area contributed by atoms with Gasteiger partial charge in [0.25, 0.3) is 10.0 Å². The number of anilines is 2. The molecule has 0 saturated carbocycles. The van der Waals surface area contributed by atoms with Crippen LogP contribution in [0.25, 0.3) is 0 Å². The van der Waals surface area contributed by atoms with Crippen LogP contribution < -0.4 is 10.0 Å². The summed E-state index contributed by atoms with van der Waals surface area (Å²) in [6, 6.07) is 1.63. The minimum Gasteiger partial charge on any atom is -0.384 e. The number of H-pyrrole nitrogens is 1. The summed E-state index contributed by atoms with van der Waals surface area (Å²) in [6.45, 7) is 6.01. The molecule has 2 aromatic heterocycles. The Bertz CT molecular complexity index is 689. The van der Waals surface area contributed by atoms with E-state index in [1.165, 1.54) is 6.20 Å². The number of nitrogens with one attached hydrogen (secondary N) is 3. The molecule has 0 unspecified atom stereocenters. The molecule has 0 fully saturated rings. The van der Waals surface area contributed by atoms with Crippen molar-refractivity contribution in [2.24, 2.45) is 0 Å². The van der Waals surface area contributed by atoms with E-state index in [4.69, 9.17) is 0 Å². The highest BCUT2D eigenvalue weighted by Gasteiger charge is 2.21. The molecule has 0 spiro atoms. The third-order valence-electron chi connectivity index (χ3n) is 2.81. The molecule has 0 saturated heterocycles. The van der Waals surface area contributed by atoms with Crippen molar-refractivity contribution in [3.63, 3.8) is 0 Å². The standard InChI is InChI=1S/C12H17N5O2S/c1-4-14-10-5-6-13-7-11(10)20(18,19)17-12-8(2)15-16-9(12)3/h5-7,17H,4H2,1-3H3,(H,13,14)(H,15,16). The van der Waals surface area contributed by atoms with Gasteiger partial charge in [-0.15, -0.1) is 0 Å². The Hall–Kier alpha value is -2.09. The molecule has 0 atom stereocenters. The van der Waals surface area contributed by atoms with Gasteiger partial charge in [0.1, 0.15) is 4.90 Å². The summed E-state index contributed by atoms with van der Waals surface area (Å²) in [5.41, 5.74) is 2.25. The topological polar surface area (TPSA) is 99.8 Å². The maximum atomic E-state index is 12.5. The van der Waals surface area contributed by atoms with Crippen molar-refractivity contribution in [2.75, 3.05) is 16.6 Å². The van der Waals surface area contributed by atoms with Crippen LogP contribution in [0.3, 0.4) is 0 Å². The van der Waals surface area contributed by atoms with Crippen molar-refractivity contribution >= 4 is 21.4 Å². The molecular weight excluding hydrogens is 278 g/mol. The Balaban J connectivity index is 2.41. The van der Waals surface area contributed by atoms with Crippen LogP contribution in [0.4, 0.5) is 11.4 Å². The second-order valence-electron chi connectivity index (χ2n) is 4.32. The predicted octanol–water partition coefficient (Wildman–Crippen LogP) is 1.65. The summed E-state index contributed by atoms with van der Waals surface area (Å²) in [6.07, 6.45) is 2.87. The second-order valence-corrected chi connectivity index (χ2v) is 5.97. The third kappa shape index (κ3) is 2.74. The zero-order valence-electron chi connectivity index (χ0n) is 11.6. The summed E-state index contributed by atoms with van der Waals surface area (Å²) in [4.78, 5) is 4.00. The number of hydrogen-bond acceptors (Lipinski definition) is 5. The van der Waals surface area contributed by atoms with Gasteiger partial charge in [0.15, 0.2) is 0 Å². The van der Waals surface area contributed by atoms with Crippen LogP contribution in [0, 0.1) is 13.8 Å². The number of rotatable bonds is 5. The first-order chi connectivity index (χ1) is 9.45. The number of aromatic nitrogens is 3. The van der Waals surface area contributed by atoms with E-state index in [-0.39, 0.29) is 4.90 Å². The van der Waals surface area contributed by atoms with Crippen molar-refractivity contribution in [1.82, 2.24) is 15.2 Å². The fourth-order valence-electron chi connectivity index (χ4n) is 1.82. The van der Waals surface area contributed by atoms with Gasteiger partial charge < -0.3 is 5.32 Å². The highest BCUT2D eigenvalue weighted by molar-refractivity contribution is 7.92. The van der Waals surface area contributed by atoms with Gasteiger partial charge in [-0.2, -0.15) is 5.10 Å². The molecule has 0 aliphatic carbocycles. The highest BCUT2D eigenvalue weighted by atomic mass is 32.2. The Kier molecular flexibility index (Phi) is 3.93. The van der Waals surface area contributed by atoms with Crippen LogP contribution in [-0.2, 0) is 10.0 Å². The van der Waals surface area contributed by atoms with Crippen molar-refractivity contribution in [3.8, 4) is 0 Å². The first kappa shape index (κ1) is 14.3. The van der Waals surface area contributed by atoms with Crippen LogP contribution in [0.5, 0.6) is 0 Å². The quantitative estimate of drug-likeness (QED) is 0.779. The summed E-state index contributed by atoms with van der Waals surface area (Å²) in [5, 5.41) is 9.72. The highest BCUT2D eigenvalue weighted by Crippen LogP contribution is 2.25. The molecule has 0 aliphatic rings. The van der Waals surface area contributed by atoms with Gasteiger partial charge >= 0.3 is 0 Å². The smallest absolute Gasteiger partial charge is 0.265 e. The number of pyridine rings is 1. The second kappa shape index (κ2) is 5.49. The lowest BCUT2D eigenvalue weighted by Gasteiger charge is -2.12. The monoisotopic (exact) mass is 295 g/mol. The molecule has 0 radical (unpaired) electrons. The number of aromatic amines is 1. The van der Waals surface area contributed by atoms with Gasteiger partial charge in [0.2, 0.25) is 0 Å². The molecule has 2 aromatic rings. The molecule has 108 valence electrons. The van der Waals surface area contributed by atoms with E-state index in [1.54, 1.807) is 26.1 Å². The van der Waals surface area contributed by atoms with Crippen molar-refractivity contribution in [1.29, 1.82) is 0 Å². The SMILES string of the molecule is CCNc1ccncc1S(=O)(=O)Nc1c(C)n[nH]c1C. The molecule has 8 heteroatoms. The van der Waals surface area contributed by atoms with E-state index in [9.17, 15) is 8.42 Å². The van der Waals surface area contributed by atoms with Gasteiger partial charge in [-0.1, -0.05) is 0 Å².